The van der Waals surface area contributed by atoms with Gasteiger partial charge in [-0.05, 0) is 30.4 Å². The molecule has 4 heterocycles. The molecule has 1 aliphatic rings. The molecule has 0 saturated carbocycles. The zero-order valence-corrected chi connectivity index (χ0v) is 18.4. The van der Waals surface area contributed by atoms with Crippen LogP contribution in [0.15, 0.2) is 29.3 Å². The summed E-state index contributed by atoms with van der Waals surface area (Å²) in [7, 11) is 3.61. The number of nitrogens with zero attached hydrogens (tertiary/aromatic N) is 6. The predicted molar refractivity (Wildman–Crippen MR) is 116 cm³/mol. The minimum atomic E-state index is -0.0444. The lowest BCUT2D eigenvalue weighted by Crippen LogP contribution is -2.40. The molecule has 3 aromatic heterocycles. The largest absolute Gasteiger partial charge is 0.335 e. The molecular weight excluding hydrogens is 380 g/mol. The highest BCUT2D eigenvalue weighted by atomic mass is 16.2. The van der Waals surface area contributed by atoms with E-state index in [9.17, 15) is 9.59 Å². The molecule has 1 saturated heterocycles. The second kappa shape index (κ2) is 7.41. The number of aryl methyl sites for hydroxylation is 2. The van der Waals surface area contributed by atoms with E-state index >= 15 is 0 Å². The van der Waals surface area contributed by atoms with Crippen LogP contribution in [0.25, 0.3) is 11.2 Å². The Morgan fingerprint density at radius 1 is 1.23 bits per heavy atom. The summed E-state index contributed by atoms with van der Waals surface area (Å²) in [6, 6.07) is 4.02. The SMILES string of the molecule is Cn1ccnc1C(=O)N1CCCC(c2ccc3c(n2)n(C)c(=O)n3CC(C)(C)C)C1. The molecule has 1 amide bonds. The lowest BCUT2D eigenvalue weighted by molar-refractivity contribution is 0.0690. The van der Waals surface area contributed by atoms with E-state index in [-0.39, 0.29) is 22.9 Å². The van der Waals surface area contributed by atoms with Crippen molar-refractivity contribution in [2.75, 3.05) is 13.1 Å². The Balaban J connectivity index is 1.63. The standard InChI is InChI=1S/C22H30N6O2/c1-22(2,3)14-28-17-9-8-16(24-18(17)26(5)21(28)30)15-7-6-11-27(13-15)20(29)19-23-10-12-25(19)4/h8-10,12,15H,6-7,11,13-14H2,1-5H3. The van der Waals surface area contributed by atoms with E-state index in [1.807, 2.05) is 28.6 Å². The van der Waals surface area contributed by atoms with Gasteiger partial charge in [0.2, 0.25) is 0 Å². The summed E-state index contributed by atoms with van der Waals surface area (Å²) < 4.78 is 5.19. The van der Waals surface area contributed by atoms with E-state index in [0.717, 1.165) is 30.6 Å². The van der Waals surface area contributed by atoms with Gasteiger partial charge < -0.3 is 9.47 Å². The summed E-state index contributed by atoms with van der Waals surface area (Å²) in [6.45, 7) is 8.34. The number of carbonyl (C=O) groups excluding carboxylic acids is 1. The second-order valence-corrected chi connectivity index (χ2v) is 9.52. The van der Waals surface area contributed by atoms with E-state index in [0.29, 0.717) is 24.6 Å². The maximum absolute atomic E-state index is 12.9. The van der Waals surface area contributed by atoms with Gasteiger partial charge in [-0.3, -0.25) is 13.9 Å². The number of carbonyl (C=O) groups is 1. The third-order valence-electron chi connectivity index (χ3n) is 5.77. The van der Waals surface area contributed by atoms with E-state index in [1.165, 1.54) is 0 Å². The minimum absolute atomic E-state index is 0.00795. The van der Waals surface area contributed by atoms with Crippen LogP contribution in [0.1, 0.15) is 55.8 Å². The zero-order chi connectivity index (χ0) is 21.6. The summed E-state index contributed by atoms with van der Waals surface area (Å²) in [5, 5.41) is 0. The molecule has 1 atom stereocenters. The number of hydrogen-bond donors (Lipinski definition) is 0. The zero-order valence-electron chi connectivity index (χ0n) is 18.4. The fourth-order valence-corrected chi connectivity index (χ4v) is 4.26. The Kier molecular flexibility index (Phi) is 5.03. The normalized spacial score (nSPS) is 17.6. The Morgan fingerprint density at radius 2 is 2.00 bits per heavy atom. The predicted octanol–water partition coefficient (Wildman–Crippen LogP) is 2.53. The van der Waals surface area contributed by atoms with Crippen molar-refractivity contribution in [2.45, 2.75) is 46.1 Å². The van der Waals surface area contributed by atoms with Crippen LogP contribution < -0.4 is 5.69 Å². The van der Waals surface area contributed by atoms with Crippen LogP contribution in [0, 0.1) is 5.41 Å². The van der Waals surface area contributed by atoms with Gasteiger partial charge in [0.1, 0.15) is 0 Å². The molecule has 3 aromatic rings. The van der Waals surface area contributed by atoms with Crippen molar-refractivity contribution in [3.8, 4) is 0 Å². The first kappa shape index (κ1) is 20.4. The van der Waals surface area contributed by atoms with Crippen molar-refractivity contribution in [1.29, 1.82) is 0 Å². The number of likely N-dealkylation sites (tertiary alicyclic amines) is 1. The number of pyridine rings is 1. The number of amides is 1. The van der Waals surface area contributed by atoms with Gasteiger partial charge in [-0.15, -0.1) is 0 Å². The Bertz CT molecular complexity index is 1150. The van der Waals surface area contributed by atoms with Crippen molar-refractivity contribution in [3.05, 3.63) is 46.5 Å². The van der Waals surface area contributed by atoms with E-state index in [2.05, 4.69) is 25.8 Å². The summed E-state index contributed by atoms with van der Waals surface area (Å²) >= 11 is 0. The third kappa shape index (κ3) is 3.66. The lowest BCUT2D eigenvalue weighted by atomic mass is 9.94. The molecular formula is C22H30N6O2. The molecule has 1 aliphatic heterocycles. The molecule has 160 valence electrons. The lowest BCUT2D eigenvalue weighted by Gasteiger charge is -2.32. The smallest absolute Gasteiger partial charge is 0.330 e. The maximum Gasteiger partial charge on any atom is 0.330 e. The van der Waals surface area contributed by atoms with Crippen molar-refractivity contribution in [1.82, 2.24) is 28.6 Å². The first-order valence-corrected chi connectivity index (χ1v) is 10.5. The number of hydrogen-bond acceptors (Lipinski definition) is 4. The number of aromatic nitrogens is 5. The van der Waals surface area contributed by atoms with Crippen LogP contribution in [0.3, 0.4) is 0 Å². The first-order chi connectivity index (χ1) is 14.2. The van der Waals surface area contributed by atoms with E-state index in [4.69, 9.17) is 4.98 Å². The number of fused-ring (bicyclic) bond motifs is 1. The molecule has 1 fully saturated rings. The van der Waals surface area contributed by atoms with E-state index < -0.39 is 0 Å². The van der Waals surface area contributed by atoms with Crippen LogP contribution in [-0.4, -0.2) is 47.6 Å². The van der Waals surface area contributed by atoms with Gasteiger partial charge >= 0.3 is 5.69 Å². The summed E-state index contributed by atoms with van der Waals surface area (Å²) in [4.78, 5) is 36.6. The molecule has 0 aliphatic carbocycles. The molecule has 8 nitrogen and oxygen atoms in total. The van der Waals surface area contributed by atoms with Crippen LogP contribution in [0.2, 0.25) is 0 Å². The monoisotopic (exact) mass is 410 g/mol. The molecule has 8 heteroatoms. The molecule has 0 bridgehead atoms. The van der Waals surface area contributed by atoms with Gasteiger partial charge in [0.15, 0.2) is 11.5 Å². The van der Waals surface area contributed by atoms with Gasteiger partial charge in [0, 0.05) is 57.7 Å². The molecule has 0 spiro atoms. The Morgan fingerprint density at radius 3 is 2.67 bits per heavy atom. The summed E-state index contributed by atoms with van der Waals surface area (Å²) in [6.07, 6.45) is 5.32. The third-order valence-corrected chi connectivity index (χ3v) is 5.77. The number of imidazole rings is 2. The first-order valence-electron chi connectivity index (χ1n) is 10.5. The molecule has 0 radical (unpaired) electrons. The van der Waals surface area contributed by atoms with Crippen molar-refractivity contribution >= 4 is 17.1 Å². The number of piperidine rings is 1. The topological polar surface area (TPSA) is 78.0 Å². The summed E-state index contributed by atoms with van der Waals surface area (Å²) in [5.41, 5.74) is 2.45. The van der Waals surface area contributed by atoms with Gasteiger partial charge in [-0.25, -0.2) is 14.8 Å². The highest BCUT2D eigenvalue weighted by molar-refractivity contribution is 5.91. The van der Waals surface area contributed by atoms with Crippen molar-refractivity contribution < 1.29 is 4.79 Å². The van der Waals surface area contributed by atoms with Crippen LogP contribution in [0.4, 0.5) is 0 Å². The van der Waals surface area contributed by atoms with Gasteiger partial charge in [0.25, 0.3) is 5.91 Å². The molecule has 4 rings (SSSR count). The molecule has 0 N–H and O–H groups in total. The van der Waals surface area contributed by atoms with Crippen LogP contribution in [-0.2, 0) is 20.6 Å². The molecule has 1 unspecified atom stereocenters. The fourth-order valence-electron chi connectivity index (χ4n) is 4.26. The Hall–Kier alpha value is -2.90. The average Bonchev–Trinajstić information content (AvgIpc) is 3.23. The second-order valence-electron chi connectivity index (χ2n) is 9.52. The van der Waals surface area contributed by atoms with Crippen LogP contribution >= 0.6 is 0 Å². The average molecular weight is 411 g/mol. The summed E-state index contributed by atoms with van der Waals surface area (Å²) in [5.74, 6) is 0.561. The van der Waals surface area contributed by atoms with Crippen molar-refractivity contribution in [3.63, 3.8) is 0 Å². The highest BCUT2D eigenvalue weighted by Crippen LogP contribution is 2.28. The van der Waals surface area contributed by atoms with Gasteiger partial charge in [-0.2, -0.15) is 0 Å². The molecule has 30 heavy (non-hydrogen) atoms. The highest BCUT2D eigenvalue weighted by Gasteiger charge is 2.29. The minimum Gasteiger partial charge on any atom is -0.335 e. The fraction of sp³-hybridized carbons (Fsp3) is 0.545. The van der Waals surface area contributed by atoms with Gasteiger partial charge in [-0.1, -0.05) is 20.8 Å². The number of rotatable bonds is 3. The maximum atomic E-state index is 12.9. The quantitative estimate of drug-likeness (QED) is 0.665. The molecule has 0 aromatic carbocycles. The van der Waals surface area contributed by atoms with E-state index in [1.54, 1.807) is 28.6 Å². The van der Waals surface area contributed by atoms with Crippen LogP contribution in [0.5, 0.6) is 0 Å². The van der Waals surface area contributed by atoms with Gasteiger partial charge in [0.05, 0.1) is 5.52 Å². The Labute approximate surface area is 176 Å². The van der Waals surface area contributed by atoms with Crippen molar-refractivity contribution in [2.24, 2.45) is 19.5 Å².